The molecular weight excluding hydrogens is 324 g/mol. The topological polar surface area (TPSA) is 35.6 Å². The normalized spacial score (nSPS) is 19.4. The van der Waals surface area contributed by atoms with Crippen LogP contribution in [0.2, 0.25) is 0 Å². The molecule has 1 saturated heterocycles. The summed E-state index contributed by atoms with van der Waals surface area (Å²) in [5.74, 6) is -1.23. The summed E-state index contributed by atoms with van der Waals surface area (Å²) >= 11 is 0. The third kappa shape index (κ3) is 5.47. The van der Waals surface area contributed by atoms with Crippen LogP contribution in [-0.2, 0) is 11.2 Å². The molecule has 0 spiro atoms. The zero-order valence-electron chi connectivity index (χ0n) is 15.4. The van der Waals surface area contributed by atoms with Crippen molar-refractivity contribution in [3.05, 3.63) is 35.4 Å². The molecule has 140 valence electrons. The average Bonchev–Trinajstić information content (AvgIpc) is 3.00. The van der Waals surface area contributed by atoms with Gasteiger partial charge in [0.2, 0.25) is 5.91 Å². The van der Waals surface area contributed by atoms with Crippen LogP contribution in [0.3, 0.4) is 0 Å². The van der Waals surface area contributed by atoms with Crippen LogP contribution in [0.15, 0.2) is 18.2 Å². The van der Waals surface area contributed by atoms with Crippen molar-refractivity contribution >= 4 is 5.91 Å². The van der Waals surface area contributed by atoms with Gasteiger partial charge in [-0.15, -0.1) is 0 Å². The summed E-state index contributed by atoms with van der Waals surface area (Å²) in [6.45, 7) is 10.3. The second-order valence-electron chi connectivity index (χ2n) is 6.77. The Labute approximate surface area is 149 Å². The number of rotatable bonds is 8. The van der Waals surface area contributed by atoms with Gasteiger partial charge in [-0.2, -0.15) is 0 Å². The van der Waals surface area contributed by atoms with Gasteiger partial charge in [-0.1, -0.05) is 19.9 Å². The fraction of sp³-hybridized carbons (Fsp3) is 0.632. The summed E-state index contributed by atoms with van der Waals surface area (Å²) in [6, 6.07) is 4.01. The molecule has 1 N–H and O–H groups in total. The van der Waals surface area contributed by atoms with E-state index in [1.165, 1.54) is 18.2 Å². The molecule has 2 atom stereocenters. The Hall–Kier alpha value is -1.53. The van der Waals surface area contributed by atoms with Gasteiger partial charge < -0.3 is 5.32 Å². The highest BCUT2D eigenvalue weighted by molar-refractivity contribution is 5.78. The standard InChI is InChI=1S/C19H29F2N3O/c1-4-24(5-2)15-9-10-23(12-15)13-19(25)22-14(3)11-16-17(20)7-6-8-18(16)21/h6-8,14-15H,4-5,9-13H2,1-3H3,(H,22,25). The lowest BCUT2D eigenvalue weighted by Crippen LogP contribution is -2.43. The molecular formula is C19H29F2N3O. The van der Waals surface area contributed by atoms with E-state index in [0.717, 1.165) is 32.6 Å². The Morgan fingerprint density at radius 2 is 1.96 bits per heavy atom. The summed E-state index contributed by atoms with van der Waals surface area (Å²) in [5, 5.41) is 2.85. The Morgan fingerprint density at radius 3 is 2.56 bits per heavy atom. The number of hydrogen-bond donors (Lipinski definition) is 1. The highest BCUT2D eigenvalue weighted by Gasteiger charge is 2.27. The maximum absolute atomic E-state index is 13.7. The summed E-state index contributed by atoms with van der Waals surface area (Å²) in [6.07, 6.45) is 1.22. The van der Waals surface area contributed by atoms with Gasteiger partial charge in [0.15, 0.2) is 0 Å². The largest absolute Gasteiger partial charge is 0.352 e. The lowest BCUT2D eigenvalue weighted by molar-refractivity contribution is -0.122. The van der Waals surface area contributed by atoms with Crippen LogP contribution in [-0.4, -0.2) is 60.5 Å². The fourth-order valence-electron chi connectivity index (χ4n) is 3.60. The van der Waals surface area contributed by atoms with Gasteiger partial charge in [-0.3, -0.25) is 14.6 Å². The van der Waals surface area contributed by atoms with Gasteiger partial charge in [0.1, 0.15) is 11.6 Å². The predicted molar refractivity (Wildman–Crippen MR) is 95.4 cm³/mol. The van der Waals surface area contributed by atoms with Crippen molar-refractivity contribution in [3.8, 4) is 0 Å². The van der Waals surface area contributed by atoms with Crippen molar-refractivity contribution in [2.75, 3.05) is 32.7 Å². The van der Waals surface area contributed by atoms with Gasteiger partial charge in [-0.25, -0.2) is 8.78 Å². The molecule has 0 bridgehead atoms. The number of carbonyl (C=O) groups excluding carboxylic acids is 1. The molecule has 0 aromatic heterocycles. The number of likely N-dealkylation sites (N-methyl/N-ethyl adjacent to an activating group) is 1. The minimum Gasteiger partial charge on any atom is -0.352 e. The molecule has 4 nitrogen and oxygen atoms in total. The quantitative estimate of drug-likeness (QED) is 0.780. The van der Waals surface area contributed by atoms with Crippen molar-refractivity contribution < 1.29 is 13.6 Å². The van der Waals surface area contributed by atoms with Crippen LogP contribution in [0.25, 0.3) is 0 Å². The van der Waals surface area contributed by atoms with Crippen LogP contribution in [0, 0.1) is 11.6 Å². The Kier molecular flexibility index (Phi) is 7.32. The van der Waals surface area contributed by atoms with E-state index in [1.807, 2.05) is 0 Å². The summed E-state index contributed by atoms with van der Waals surface area (Å²) in [5.41, 5.74) is 0.0260. The highest BCUT2D eigenvalue weighted by Crippen LogP contribution is 2.16. The first-order chi connectivity index (χ1) is 11.9. The first kappa shape index (κ1) is 19.8. The molecule has 0 radical (unpaired) electrons. The maximum atomic E-state index is 13.7. The molecule has 25 heavy (non-hydrogen) atoms. The fourth-order valence-corrected chi connectivity index (χ4v) is 3.60. The van der Waals surface area contributed by atoms with E-state index in [2.05, 4.69) is 29.0 Å². The molecule has 1 aromatic rings. The zero-order chi connectivity index (χ0) is 18.4. The maximum Gasteiger partial charge on any atom is 0.234 e. The molecule has 1 heterocycles. The number of amides is 1. The van der Waals surface area contributed by atoms with Crippen molar-refractivity contribution in [2.24, 2.45) is 0 Å². The summed E-state index contributed by atoms with van der Waals surface area (Å²) in [4.78, 5) is 16.8. The lowest BCUT2D eigenvalue weighted by Gasteiger charge is -2.26. The number of hydrogen-bond acceptors (Lipinski definition) is 3. The minimum absolute atomic E-state index is 0.0260. The van der Waals surface area contributed by atoms with E-state index >= 15 is 0 Å². The third-order valence-electron chi connectivity index (χ3n) is 4.92. The van der Waals surface area contributed by atoms with E-state index in [4.69, 9.17) is 0 Å². The van der Waals surface area contributed by atoms with Crippen LogP contribution in [0.1, 0.15) is 32.8 Å². The van der Waals surface area contributed by atoms with Crippen molar-refractivity contribution in [3.63, 3.8) is 0 Å². The second-order valence-corrected chi connectivity index (χ2v) is 6.77. The van der Waals surface area contributed by atoms with E-state index in [1.54, 1.807) is 6.92 Å². The first-order valence-electron chi connectivity index (χ1n) is 9.13. The number of nitrogens with zero attached hydrogens (tertiary/aromatic N) is 2. The molecule has 6 heteroatoms. The molecule has 0 saturated carbocycles. The van der Waals surface area contributed by atoms with Crippen LogP contribution >= 0.6 is 0 Å². The number of carbonyl (C=O) groups is 1. The van der Waals surface area contributed by atoms with E-state index in [9.17, 15) is 13.6 Å². The number of benzene rings is 1. The highest BCUT2D eigenvalue weighted by atomic mass is 19.1. The number of halogens is 2. The van der Waals surface area contributed by atoms with Gasteiger partial charge >= 0.3 is 0 Å². The Balaban J connectivity index is 1.80. The van der Waals surface area contributed by atoms with Crippen molar-refractivity contribution in [2.45, 2.75) is 45.7 Å². The summed E-state index contributed by atoms with van der Waals surface area (Å²) < 4.78 is 27.4. The smallest absolute Gasteiger partial charge is 0.234 e. The van der Waals surface area contributed by atoms with Gasteiger partial charge in [0.05, 0.1) is 6.54 Å². The van der Waals surface area contributed by atoms with Crippen LogP contribution < -0.4 is 5.32 Å². The van der Waals surface area contributed by atoms with E-state index in [-0.39, 0.29) is 23.9 Å². The van der Waals surface area contributed by atoms with Crippen LogP contribution in [0.4, 0.5) is 8.78 Å². The zero-order valence-corrected chi connectivity index (χ0v) is 15.4. The molecule has 2 rings (SSSR count). The molecule has 1 aliphatic rings. The van der Waals surface area contributed by atoms with E-state index in [0.29, 0.717) is 12.6 Å². The third-order valence-corrected chi connectivity index (χ3v) is 4.92. The van der Waals surface area contributed by atoms with Crippen molar-refractivity contribution in [1.82, 2.24) is 15.1 Å². The monoisotopic (exact) mass is 353 g/mol. The molecule has 2 unspecified atom stereocenters. The Morgan fingerprint density at radius 1 is 1.32 bits per heavy atom. The molecule has 1 aliphatic heterocycles. The number of nitrogens with one attached hydrogen (secondary N) is 1. The van der Waals surface area contributed by atoms with Crippen LogP contribution in [0.5, 0.6) is 0 Å². The number of likely N-dealkylation sites (tertiary alicyclic amines) is 1. The van der Waals surface area contributed by atoms with Crippen molar-refractivity contribution in [1.29, 1.82) is 0 Å². The van der Waals surface area contributed by atoms with E-state index < -0.39 is 11.6 Å². The summed E-state index contributed by atoms with van der Waals surface area (Å²) in [7, 11) is 0. The molecule has 1 fully saturated rings. The van der Waals surface area contributed by atoms with Gasteiger partial charge in [0, 0.05) is 30.7 Å². The molecule has 1 amide bonds. The van der Waals surface area contributed by atoms with Gasteiger partial charge in [-0.05, 0) is 45.0 Å². The predicted octanol–water partition coefficient (Wildman–Crippen LogP) is 2.43. The SMILES string of the molecule is CCN(CC)C1CCN(CC(=O)NC(C)Cc2c(F)cccc2F)C1. The minimum atomic E-state index is -0.567. The molecule has 1 aromatic carbocycles. The lowest BCUT2D eigenvalue weighted by atomic mass is 10.1. The average molecular weight is 353 g/mol. The second kappa shape index (κ2) is 9.25. The molecule has 0 aliphatic carbocycles. The first-order valence-corrected chi connectivity index (χ1v) is 9.13. The Bertz CT molecular complexity index is 558. The van der Waals surface area contributed by atoms with Gasteiger partial charge in [0.25, 0.3) is 0 Å².